The van der Waals surface area contributed by atoms with Crippen molar-refractivity contribution in [3.05, 3.63) is 69.5 Å². The number of halogens is 4. The molecule has 3 nitrogen and oxygen atoms in total. The van der Waals surface area contributed by atoms with E-state index in [-0.39, 0.29) is 11.0 Å². The highest BCUT2D eigenvalue weighted by atomic mass is 35.5. The topological polar surface area (TPSA) is 37.8 Å². The van der Waals surface area contributed by atoms with Crippen LogP contribution in [-0.4, -0.2) is 9.97 Å². The van der Waals surface area contributed by atoms with Gasteiger partial charge in [-0.25, -0.2) is 14.4 Å². The molecule has 0 spiro atoms. The Hall–Kier alpha value is -1.88. The highest BCUT2D eigenvalue weighted by molar-refractivity contribution is 6.39. The lowest BCUT2D eigenvalue weighted by Crippen LogP contribution is -1.99. The van der Waals surface area contributed by atoms with E-state index >= 15 is 0 Å². The monoisotopic (exact) mass is 367 g/mol. The second kappa shape index (κ2) is 6.71. The van der Waals surface area contributed by atoms with E-state index in [9.17, 15) is 4.39 Å². The van der Waals surface area contributed by atoms with E-state index in [0.717, 1.165) is 0 Å². The molecular formula is C16H9Cl3FN3. The van der Waals surface area contributed by atoms with Crippen LogP contribution in [0.15, 0.2) is 48.5 Å². The van der Waals surface area contributed by atoms with E-state index in [0.29, 0.717) is 32.9 Å². The summed E-state index contributed by atoms with van der Waals surface area (Å²) in [5.41, 5.74) is 1.16. The highest BCUT2D eigenvalue weighted by Crippen LogP contribution is 2.33. The summed E-state index contributed by atoms with van der Waals surface area (Å²) >= 11 is 18.3. The van der Waals surface area contributed by atoms with Gasteiger partial charge < -0.3 is 5.32 Å². The van der Waals surface area contributed by atoms with E-state index in [1.54, 1.807) is 36.4 Å². The first-order valence-electron chi connectivity index (χ1n) is 6.54. The van der Waals surface area contributed by atoms with Gasteiger partial charge in [-0.05, 0) is 36.4 Å². The Morgan fingerprint density at radius 1 is 0.870 bits per heavy atom. The smallest absolute Gasteiger partial charge is 0.163 e. The summed E-state index contributed by atoms with van der Waals surface area (Å²) in [6.45, 7) is 0. The number of anilines is 2. The Morgan fingerprint density at radius 2 is 1.52 bits per heavy atom. The molecule has 0 bridgehead atoms. The van der Waals surface area contributed by atoms with Gasteiger partial charge in [-0.2, -0.15) is 0 Å². The third-order valence-corrected chi connectivity index (χ3v) is 3.84. The fourth-order valence-corrected chi connectivity index (χ4v) is 2.63. The largest absolute Gasteiger partial charge is 0.338 e. The van der Waals surface area contributed by atoms with E-state index in [2.05, 4.69) is 15.3 Å². The lowest BCUT2D eigenvalue weighted by Gasteiger charge is -2.11. The zero-order chi connectivity index (χ0) is 16.4. The number of benzene rings is 2. The predicted octanol–water partition coefficient (Wildman–Crippen LogP) is 5.99. The van der Waals surface area contributed by atoms with Crippen molar-refractivity contribution in [2.45, 2.75) is 0 Å². The van der Waals surface area contributed by atoms with Crippen molar-refractivity contribution >= 4 is 46.3 Å². The molecular weight excluding hydrogens is 360 g/mol. The quantitative estimate of drug-likeness (QED) is 0.577. The molecule has 0 unspecified atom stereocenters. The average molecular weight is 369 g/mol. The van der Waals surface area contributed by atoms with Gasteiger partial charge in [0, 0.05) is 11.6 Å². The van der Waals surface area contributed by atoms with E-state index < -0.39 is 0 Å². The average Bonchev–Trinajstić information content (AvgIpc) is 2.51. The van der Waals surface area contributed by atoms with Crippen molar-refractivity contribution in [2.24, 2.45) is 0 Å². The van der Waals surface area contributed by atoms with Gasteiger partial charge in [0.15, 0.2) is 5.82 Å². The van der Waals surface area contributed by atoms with Gasteiger partial charge in [-0.1, -0.05) is 40.9 Å². The van der Waals surface area contributed by atoms with Crippen LogP contribution in [0.1, 0.15) is 0 Å². The van der Waals surface area contributed by atoms with Gasteiger partial charge >= 0.3 is 0 Å². The van der Waals surface area contributed by atoms with Crippen LogP contribution < -0.4 is 5.32 Å². The summed E-state index contributed by atoms with van der Waals surface area (Å²) < 4.78 is 13.0. The molecule has 2 aromatic carbocycles. The van der Waals surface area contributed by atoms with E-state index in [1.807, 2.05) is 0 Å². The summed E-state index contributed by atoms with van der Waals surface area (Å²) in [6, 6.07) is 12.5. The van der Waals surface area contributed by atoms with E-state index in [4.69, 9.17) is 34.8 Å². The molecule has 0 amide bonds. The minimum atomic E-state index is -0.336. The van der Waals surface area contributed by atoms with Crippen molar-refractivity contribution in [1.29, 1.82) is 0 Å². The zero-order valence-electron chi connectivity index (χ0n) is 11.5. The molecule has 1 heterocycles. The van der Waals surface area contributed by atoms with Gasteiger partial charge in [-0.3, -0.25) is 0 Å². The van der Waals surface area contributed by atoms with Gasteiger partial charge in [0.2, 0.25) is 0 Å². The predicted molar refractivity (Wildman–Crippen MR) is 92.2 cm³/mol. The normalized spacial score (nSPS) is 10.6. The van der Waals surface area contributed by atoms with Crippen LogP contribution in [0, 0.1) is 5.82 Å². The molecule has 0 fully saturated rings. The molecule has 0 aliphatic rings. The van der Waals surface area contributed by atoms with Crippen molar-refractivity contribution in [2.75, 3.05) is 5.32 Å². The van der Waals surface area contributed by atoms with Crippen molar-refractivity contribution in [3.63, 3.8) is 0 Å². The number of nitrogens with zero attached hydrogens (tertiary/aromatic N) is 2. The number of aromatic nitrogens is 2. The Kier molecular flexibility index (Phi) is 4.66. The molecule has 0 saturated heterocycles. The minimum Gasteiger partial charge on any atom is -0.338 e. The molecule has 0 saturated carbocycles. The molecule has 1 aromatic heterocycles. The first-order chi connectivity index (χ1) is 11.0. The summed E-state index contributed by atoms with van der Waals surface area (Å²) in [5, 5.41) is 4.18. The molecule has 0 aliphatic carbocycles. The zero-order valence-corrected chi connectivity index (χ0v) is 13.8. The summed E-state index contributed by atoms with van der Waals surface area (Å²) in [6.07, 6.45) is 0. The maximum Gasteiger partial charge on any atom is 0.163 e. The molecule has 116 valence electrons. The van der Waals surface area contributed by atoms with Crippen molar-refractivity contribution in [1.82, 2.24) is 9.97 Å². The maximum atomic E-state index is 13.0. The number of rotatable bonds is 3. The lowest BCUT2D eigenvalue weighted by atomic mass is 10.2. The SMILES string of the molecule is Fc1ccc(-c2nc(Cl)cc(Nc3c(Cl)cccc3Cl)n2)cc1. The van der Waals surface area contributed by atoms with Crippen LogP contribution in [0.4, 0.5) is 15.9 Å². The number of hydrogen-bond acceptors (Lipinski definition) is 3. The van der Waals surface area contributed by atoms with Gasteiger partial charge in [0.1, 0.15) is 16.8 Å². The Labute approximate surface area is 147 Å². The Balaban J connectivity index is 1.99. The first kappa shape index (κ1) is 16.0. The molecule has 23 heavy (non-hydrogen) atoms. The Bertz CT molecular complexity index is 833. The van der Waals surface area contributed by atoms with Crippen LogP contribution in [0.25, 0.3) is 11.4 Å². The van der Waals surface area contributed by atoms with Crippen LogP contribution in [-0.2, 0) is 0 Å². The van der Waals surface area contributed by atoms with Crippen LogP contribution in [0.5, 0.6) is 0 Å². The second-order valence-corrected chi connectivity index (χ2v) is 5.83. The van der Waals surface area contributed by atoms with Crippen molar-refractivity contribution in [3.8, 4) is 11.4 Å². The number of nitrogens with one attached hydrogen (secondary N) is 1. The van der Waals surface area contributed by atoms with Gasteiger partial charge in [0.25, 0.3) is 0 Å². The molecule has 0 atom stereocenters. The second-order valence-electron chi connectivity index (χ2n) is 4.63. The first-order valence-corrected chi connectivity index (χ1v) is 7.68. The van der Waals surface area contributed by atoms with Gasteiger partial charge in [0.05, 0.1) is 15.7 Å². The van der Waals surface area contributed by atoms with E-state index in [1.165, 1.54) is 12.1 Å². The summed E-state index contributed by atoms with van der Waals surface area (Å²) in [7, 11) is 0. The van der Waals surface area contributed by atoms with Crippen LogP contribution in [0.3, 0.4) is 0 Å². The molecule has 7 heteroatoms. The van der Waals surface area contributed by atoms with Gasteiger partial charge in [-0.15, -0.1) is 0 Å². The van der Waals surface area contributed by atoms with Crippen molar-refractivity contribution < 1.29 is 4.39 Å². The maximum absolute atomic E-state index is 13.0. The third-order valence-electron chi connectivity index (χ3n) is 3.01. The third kappa shape index (κ3) is 3.72. The standard InChI is InChI=1S/C16H9Cl3FN3/c17-11-2-1-3-12(18)15(11)22-14-8-13(19)21-16(23-14)9-4-6-10(20)7-5-9/h1-8H,(H,21,22,23). The highest BCUT2D eigenvalue weighted by Gasteiger charge is 2.10. The number of hydrogen-bond donors (Lipinski definition) is 1. The molecule has 1 N–H and O–H groups in total. The molecule has 3 aromatic rings. The Morgan fingerprint density at radius 3 is 2.17 bits per heavy atom. The fraction of sp³-hybridized carbons (Fsp3) is 0. The van der Waals surface area contributed by atoms with Crippen LogP contribution >= 0.6 is 34.8 Å². The lowest BCUT2D eigenvalue weighted by molar-refractivity contribution is 0.628. The molecule has 0 radical (unpaired) electrons. The minimum absolute atomic E-state index is 0.241. The molecule has 0 aliphatic heterocycles. The van der Waals surface area contributed by atoms with Crippen LogP contribution in [0.2, 0.25) is 15.2 Å². The number of para-hydroxylation sites is 1. The fourth-order valence-electron chi connectivity index (χ4n) is 1.96. The summed E-state index contributed by atoms with van der Waals surface area (Å²) in [4.78, 5) is 8.51. The summed E-state index contributed by atoms with van der Waals surface area (Å²) in [5.74, 6) is 0.458. The molecule has 3 rings (SSSR count).